The number of aryl methyl sites for hydroxylation is 1. The molecule has 0 nitrogen and oxygen atoms in total. The third-order valence-electron chi connectivity index (χ3n) is 2.81. The molecule has 0 saturated heterocycles. The summed E-state index contributed by atoms with van der Waals surface area (Å²) in [4.78, 5) is 1.40. The maximum atomic E-state index is 2.28. The van der Waals surface area contributed by atoms with E-state index in [2.05, 4.69) is 63.4 Å². The second-order valence-electron chi connectivity index (χ2n) is 5.87. The number of benzene rings is 1. The zero-order valence-electron chi connectivity index (χ0n) is 11.1. The van der Waals surface area contributed by atoms with E-state index in [9.17, 15) is 0 Å². The van der Waals surface area contributed by atoms with Crippen molar-refractivity contribution in [3.8, 4) is 10.4 Å². The molecule has 0 saturated carbocycles. The largest absolute Gasteiger partial charge is 0.144 e. The van der Waals surface area contributed by atoms with Crippen LogP contribution in [0.1, 0.15) is 31.9 Å². The Balaban J connectivity index is 2.22. The average molecular weight is 244 g/mol. The summed E-state index contributed by atoms with van der Waals surface area (Å²) in [6.07, 6.45) is 1.14. The summed E-state index contributed by atoms with van der Waals surface area (Å²) in [6.45, 7) is 9.02. The summed E-state index contributed by atoms with van der Waals surface area (Å²) in [5.41, 5.74) is 4.50. The topological polar surface area (TPSA) is 0 Å². The second kappa shape index (κ2) is 4.66. The maximum absolute atomic E-state index is 2.28. The molecule has 1 heteroatoms. The number of rotatable bonds is 2. The molecule has 90 valence electrons. The lowest BCUT2D eigenvalue weighted by Crippen LogP contribution is -2.08. The summed E-state index contributed by atoms with van der Waals surface area (Å²) in [7, 11) is 0. The molecule has 0 aliphatic rings. The van der Waals surface area contributed by atoms with Crippen LogP contribution in [0, 0.1) is 12.3 Å². The normalized spacial score (nSPS) is 11.8. The van der Waals surface area contributed by atoms with E-state index in [4.69, 9.17) is 0 Å². The molecule has 0 aliphatic heterocycles. The molecule has 0 fully saturated rings. The van der Waals surface area contributed by atoms with Crippen LogP contribution >= 0.6 is 11.3 Å². The minimum absolute atomic E-state index is 0.361. The third kappa shape index (κ3) is 3.19. The van der Waals surface area contributed by atoms with Crippen LogP contribution in [0.5, 0.6) is 0 Å². The molecule has 0 spiro atoms. The van der Waals surface area contributed by atoms with Gasteiger partial charge in [-0.25, -0.2) is 0 Å². The van der Waals surface area contributed by atoms with Gasteiger partial charge in [0.15, 0.2) is 0 Å². The van der Waals surface area contributed by atoms with Crippen LogP contribution in [-0.4, -0.2) is 0 Å². The van der Waals surface area contributed by atoms with E-state index >= 15 is 0 Å². The fourth-order valence-corrected chi connectivity index (χ4v) is 2.99. The van der Waals surface area contributed by atoms with Crippen molar-refractivity contribution < 1.29 is 0 Å². The highest BCUT2D eigenvalue weighted by Gasteiger charge is 2.11. The van der Waals surface area contributed by atoms with Crippen molar-refractivity contribution in [2.45, 2.75) is 34.1 Å². The van der Waals surface area contributed by atoms with Crippen molar-refractivity contribution in [2.24, 2.45) is 5.41 Å². The van der Waals surface area contributed by atoms with Gasteiger partial charge >= 0.3 is 0 Å². The molecule has 0 unspecified atom stereocenters. The van der Waals surface area contributed by atoms with Crippen molar-refractivity contribution >= 4 is 11.3 Å². The monoisotopic (exact) mass is 244 g/mol. The van der Waals surface area contributed by atoms with E-state index in [1.54, 1.807) is 0 Å². The fraction of sp³-hybridized carbons (Fsp3) is 0.375. The first-order chi connectivity index (χ1) is 7.96. The zero-order chi connectivity index (χ0) is 12.5. The quantitative estimate of drug-likeness (QED) is 0.671. The standard InChI is InChI=1S/C16H20S/c1-12-9-10-17-15(12)14-7-5-13(6-8-14)11-16(2,3)4/h5-10H,11H2,1-4H3. The van der Waals surface area contributed by atoms with Crippen LogP contribution in [0.15, 0.2) is 35.7 Å². The molecule has 0 atom stereocenters. The van der Waals surface area contributed by atoms with E-state index in [0.717, 1.165) is 6.42 Å². The van der Waals surface area contributed by atoms with Gasteiger partial charge in [-0.15, -0.1) is 11.3 Å². The van der Waals surface area contributed by atoms with E-state index in [1.807, 2.05) is 11.3 Å². The van der Waals surface area contributed by atoms with Gasteiger partial charge in [-0.1, -0.05) is 45.0 Å². The van der Waals surface area contributed by atoms with Gasteiger partial charge in [0.1, 0.15) is 0 Å². The van der Waals surface area contributed by atoms with Crippen molar-refractivity contribution in [3.63, 3.8) is 0 Å². The molecular weight excluding hydrogens is 224 g/mol. The molecule has 1 heterocycles. The minimum Gasteiger partial charge on any atom is -0.144 e. The Bertz CT molecular complexity index is 483. The highest BCUT2D eigenvalue weighted by Crippen LogP contribution is 2.30. The van der Waals surface area contributed by atoms with Crippen LogP contribution in [0.2, 0.25) is 0 Å². The number of thiophene rings is 1. The number of hydrogen-bond donors (Lipinski definition) is 0. The van der Waals surface area contributed by atoms with Crippen molar-refractivity contribution in [1.82, 2.24) is 0 Å². The molecule has 0 bridgehead atoms. The third-order valence-corrected chi connectivity index (χ3v) is 3.88. The first kappa shape index (κ1) is 12.4. The number of hydrogen-bond acceptors (Lipinski definition) is 1. The van der Waals surface area contributed by atoms with E-state index in [0.29, 0.717) is 5.41 Å². The Labute approximate surface area is 108 Å². The van der Waals surface area contributed by atoms with Gasteiger partial charge in [-0.3, -0.25) is 0 Å². The molecule has 1 aromatic heterocycles. The smallest absolute Gasteiger partial charge is 0.0371 e. The lowest BCUT2D eigenvalue weighted by atomic mass is 9.88. The van der Waals surface area contributed by atoms with E-state index in [-0.39, 0.29) is 0 Å². The van der Waals surface area contributed by atoms with Gasteiger partial charge in [0.2, 0.25) is 0 Å². The molecule has 2 rings (SSSR count). The van der Waals surface area contributed by atoms with Crippen LogP contribution in [0.25, 0.3) is 10.4 Å². The predicted molar refractivity (Wildman–Crippen MR) is 77.7 cm³/mol. The predicted octanol–water partition coefficient (Wildman–Crippen LogP) is 5.31. The minimum atomic E-state index is 0.361. The molecule has 0 radical (unpaired) electrons. The van der Waals surface area contributed by atoms with Crippen LogP contribution in [0.3, 0.4) is 0 Å². The molecule has 0 aliphatic carbocycles. The Morgan fingerprint density at radius 3 is 2.12 bits per heavy atom. The molecule has 17 heavy (non-hydrogen) atoms. The SMILES string of the molecule is Cc1ccsc1-c1ccc(CC(C)(C)C)cc1. The molecular formula is C16H20S. The lowest BCUT2D eigenvalue weighted by Gasteiger charge is -2.18. The molecule has 0 N–H and O–H groups in total. The van der Waals surface area contributed by atoms with Gasteiger partial charge in [0.05, 0.1) is 0 Å². The van der Waals surface area contributed by atoms with Gasteiger partial charge in [0, 0.05) is 4.88 Å². The summed E-state index contributed by atoms with van der Waals surface area (Å²) in [6, 6.07) is 11.2. The van der Waals surface area contributed by atoms with Crippen molar-refractivity contribution in [3.05, 3.63) is 46.8 Å². The van der Waals surface area contributed by atoms with Gasteiger partial charge < -0.3 is 0 Å². The van der Waals surface area contributed by atoms with Crippen LogP contribution < -0.4 is 0 Å². The lowest BCUT2D eigenvalue weighted by molar-refractivity contribution is 0.411. The van der Waals surface area contributed by atoms with E-state index < -0.39 is 0 Å². The first-order valence-electron chi connectivity index (χ1n) is 6.09. The summed E-state index contributed by atoms with van der Waals surface area (Å²) in [5.74, 6) is 0. The average Bonchev–Trinajstić information content (AvgIpc) is 2.63. The van der Waals surface area contributed by atoms with Gasteiger partial charge in [-0.2, -0.15) is 0 Å². The molecule has 2 aromatic rings. The van der Waals surface area contributed by atoms with Crippen molar-refractivity contribution in [2.75, 3.05) is 0 Å². The summed E-state index contributed by atoms with van der Waals surface area (Å²) >= 11 is 1.82. The first-order valence-corrected chi connectivity index (χ1v) is 6.97. The van der Waals surface area contributed by atoms with Crippen LogP contribution in [-0.2, 0) is 6.42 Å². The fourth-order valence-electron chi connectivity index (χ4n) is 2.05. The Hall–Kier alpha value is -1.08. The zero-order valence-corrected chi connectivity index (χ0v) is 11.9. The Morgan fingerprint density at radius 1 is 1.00 bits per heavy atom. The van der Waals surface area contributed by atoms with Gasteiger partial charge in [0.25, 0.3) is 0 Å². The highest BCUT2D eigenvalue weighted by molar-refractivity contribution is 7.13. The highest BCUT2D eigenvalue weighted by atomic mass is 32.1. The summed E-state index contributed by atoms with van der Waals surface area (Å²) in [5, 5.41) is 2.16. The Kier molecular flexibility index (Phi) is 3.39. The molecule has 1 aromatic carbocycles. The molecule has 0 amide bonds. The van der Waals surface area contributed by atoms with Crippen molar-refractivity contribution in [1.29, 1.82) is 0 Å². The van der Waals surface area contributed by atoms with Crippen LogP contribution in [0.4, 0.5) is 0 Å². The maximum Gasteiger partial charge on any atom is 0.0371 e. The summed E-state index contributed by atoms with van der Waals surface area (Å²) < 4.78 is 0. The van der Waals surface area contributed by atoms with E-state index in [1.165, 1.54) is 21.6 Å². The van der Waals surface area contributed by atoms with Gasteiger partial charge in [-0.05, 0) is 46.9 Å². The second-order valence-corrected chi connectivity index (χ2v) is 6.78. The Morgan fingerprint density at radius 2 is 1.65 bits per heavy atom.